The number of nitrogens with zero attached hydrogens (tertiary/aromatic N) is 1. The lowest BCUT2D eigenvalue weighted by atomic mass is 10.2. The molecule has 0 bridgehead atoms. The Morgan fingerprint density at radius 2 is 1.55 bits per heavy atom. The molecule has 0 unspecified atom stereocenters. The monoisotopic (exact) mass is 466 g/mol. The first kappa shape index (κ1) is 22.2. The number of ether oxygens (including phenoxy) is 1. The standard InChI is InChI=1S/C24H22N2O6S/c1-30-20-11-9-19(10-12-20)25-33(28,29)23-8-2-5-18(15-23)24(27)26(16-21-6-3-13-31-21)17-22-7-4-14-32-22/h2-15,25H,16-17H2,1H3. The number of rotatable bonds is 9. The maximum absolute atomic E-state index is 13.3. The highest BCUT2D eigenvalue weighted by Crippen LogP contribution is 2.21. The van der Waals surface area contributed by atoms with Crippen molar-refractivity contribution in [1.82, 2.24) is 4.90 Å². The van der Waals surface area contributed by atoms with Crippen LogP contribution in [0.3, 0.4) is 0 Å². The van der Waals surface area contributed by atoms with E-state index in [0.717, 1.165) is 0 Å². The van der Waals surface area contributed by atoms with Crippen LogP contribution in [0.5, 0.6) is 5.75 Å². The maximum atomic E-state index is 13.3. The van der Waals surface area contributed by atoms with Crippen LogP contribution >= 0.6 is 0 Å². The van der Waals surface area contributed by atoms with Crippen LogP contribution in [0, 0.1) is 0 Å². The van der Waals surface area contributed by atoms with E-state index in [-0.39, 0.29) is 29.5 Å². The van der Waals surface area contributed by atoms with Crippen molar-refractivity contribution in [3.05, 3.63) is 102 Å². The van der Waals surface area contributed by atoms with E-state index >= 15 is 0 Å². The van der Waals surface area contributed by atoms with Gasteiger partial charge in [-0.2, -0.15) is 0 Å². The molecule has 170 valence electrons. The summed E-state index contributed by atoms with van der Waals surface area (Å²) in [4.78, 5) is 14.8. The van der Waals surface area contributed by atoms with Crippen molar-refractivity contribution in [2.75, 3.05) is 11.8 Å². The van der Waals surface area contributed by atoms with Gasteiger partial charge in [0.1, 0.15) is 17.3 Å². The van der Waals surface area contributed by atoms with E-state index in [9.17, 15) is 13.2 Å². The quantitative estimate of drug-likeness (QED) is 0.389. The molecule has 2 heterocycles. The fourth-order valence-corrected chi connectivity index (χ4v) is 4.34. The van der Waals surface area contributed by atoms with Gasteiger partial charge in [-0.1, -0.05) is 6.07 Å². The molecule has 0 atom stereocenters. The van der Waals surface area contributed by atoms with Gasteiger partial charge >= 0.3 is 0 Å². The topological polar surface area (TPSA) is 102 Å². The molecule has 0 saturated carbocycles. The molecule has 1 amide bonds. The molecular weight excluding hydrogens is 444 g/mol. The van der Waals surface area contributed by atoms with Gasteiger partial charge in [0, 0.05) is 11.3 Å². The lowest BCUT2D eigenvalue weighted by molar-refractivity contribution is 0.0704. The van der Waals surface area contributed by atoms with Gasteiger partial charge in [0.05, 0.1) is 37.6 Å². The van der Waals surface area contributed by atoms with Crippen LogP contribution in [0.15, 0.2) is 99.1 Å². The third-order valence-corrected chi connectivity index (χ3v) is 6.25. The maximum Gasteiger partial charge on any atom is 0.261 e. The lowest BCUT2D eigenvalue weighted by Crippen LogP contribution is -2.30. The summed E-state index contributed by atoms with van der Waals surface area (Å²) in [5, 5.41) is 0. The van der Waals surface area contributed by atoms with E-state index in [2.05, 4.69) is 4.72 Å². The molecule has 1 N–H and O–H groups in total. The zero-order valence-electron chi connectivity index (χ0n) is 17.8. The highest BCUT2D eigenvalue weighted by molar-refractivity contribution is 7.92. The van der Waals surface area contributed by atoms with Crippen molar-refractivity contribution in [2.45, 2.75) is 18.0 Å². The summed E-state index contributed by atoms with van der Waals surface area (Å²) < 4.78 is 44.2. The van der Waals surface area contributed by atoms with E-state index in [4.69, 9.17) is 13.6 Å². The first-order valence-electron chi connectivity index (χ1n) is 10.1. The molecule has 9 heteroatoms. The molecule has 0 aliphatic carbocycles. The van der Waals surface area contributed by atoms with Gasteiger partial charge < -0.3 is 18.5 Å². The Morgan fingerprint density at radius 3 is 2.09 bits per heavy atom. The third kappa shape index (κ3) is 5.45. The largest absolute Gasteiger partial charge is 0.497 e. The molecule has 0 aliphatic rings. The molecular formula is C24H22N2O6S. The number of hydrogen-bond acceptors (Lipinski definition) is 6. The molecule has 2 aromatic carbocycles. The zero-order chi connectivity index (χ0) is 23.3. The van der Waals surface area contributed by atoms with Gasteiger partial charge in [-0.25, -0.2) is 8.42 Å². The highest BCUT2D eigenvalue weighted by atomic mass is 32.2. The molecule has 33 heavy (non-hydrogen) atoms. The number of sulfonamides is 1. The third-order valence-electron chi connectivity index (χ3n) is 4.87. The van der Waals surface area contributed by atoms with Crippen molar-refractivity contribution in [1.29, 1.82) is 0 Å². The molecule has 0 spiro atoms. The first-order chi connectivity index (χ1) is 15.9. The van der Waals surface area contributed by atoms with Gasteiger partial charge in [0.15, 0.2) is 0 Å². The van der Waals surface area contributed by atoms with Crippen molar-refractivity contribution in [3.8, 4) is 5.75 Å². The van der Waals surface area contributed by atoms with Crippen LogP contribution in [0.4, 0.5) is 5.69 Å². The van der Waals surface area contributed by atoms with E-state index in [1.807, 2.05) is 0 Å². The molecule has 0 fully saturated rings. The summed E-state index contributed by atoms with van der Waals surface area (Å²) in [5.74, 6) is 1.45. The molecule has 0 saturated heterocycles. The van der Waals surface area contributed by atoms with Crippen LogP contribution < -0.4 is 9.46 Å². The fourth-order valence-electron chi connectivity index (χ4n) is 3.23. The summed E-state index contributed by atoms with van der Waals surface area (Å²) in [6.45, 7) is 0.404. The molecule has 4 aromatic rings. The van der Waals surface area contributed by atoms with Crippen molar-refractivity contribution >= 4 is 21.6 Å². The number of carbonyl (C=O) groups is 1. The van der Waals surface area contributed by atoms with Gasteiger partial charge in [0.25, 0.3) is 15.9 Å². The number of furan rings is 2. The summed E-state index contributed by atoms with van der Waals surface area (Å²) >= 11 is 0. The van der Waals surface area contributed by atoms with Crippen molar-refractivity contribution < 1.29 is 26.8 Å². The normalized spacial score (nSPS) is 11.2. The molecule has 0 radical (unpaired) electrons. The second-order valence-corrected chi connectivity index (χ2v) is 8.86. The molecule has 2 aromatic heterocycles. The average molecular weight is 467 g/mol. The van der Waals surface area contributed by atoms with E-state index in [1.165, 1.54) is 42.7 Å². The second-order valence-electron chi connectivity index (χ2n) is 7.18. The SMILES string of the molecule is COc1ccc(NS(=O)(=O)c2cccc(C(=O)N(Cc3ccco3)Cc3ccco3)c2)cc1. The number of nitrogens with one attached hydrogen (secondary N) is 1. The Kier molecular flexibility index (Phi) is 6.50. The van der Waals surface area contributed by atoms with Crippen LogP contribution in [0.1, 0.15) is 21.9 Å². The Labute approximate surface area is 191 Å². The number of methoxy groups -OCH3 is 1. The second kappa shape index (κ2) is 9.66. The zero-order valence-corrected chi connectivity index (χ0v) is 18.6. The number of amides is 1. The highest BCUT2D eigenvalue weighted by Gasteiger charge is 2.22. The molecule has 0 aliphatic heterocycles. The van der Waals surface area contributed by atoms with Crippen LogP contribution in [-0.2, 0) is 23.1 Å². The number of hydrogen-bond donors (Lipinski definition) is 1. The summed E-state index contributed by atoms with van der Waals surface area (Å²) in [6.07, 6.45) is 3.06. The fraction of sp³-hybridized carbons (Fsp3) is 0.125. The minimum absolute atomic E-state index is 0.0277. The van der Waals surface area contributed by atoms with E-state index in [0.29, 0.717) is 23.0 Å². The minimum Gasteiger partial charge on any atom is -0.497 e. The first-order valence-corrected chi connectivity index (χ1v) is 11.5. The van der Waals surface area contributed by atoms with Crippen molar-refractivity contribution in [2.24, 2.45) is 0 Å². The molecule has 4 rings (SSSR count). The van der Waals surface area contributed by atoms with Crippen LogP contribution in [-0.4, -0.2) is 26.3 Å². The average Bonchev–Trinajstić information content (AvgIpc) is 3.53. The predicted octanol–water partition coefficient (Wildman–Crippen LogP) is 4.52. The molecule has 8 nitrogen and oxygen atoms in total. The van der Waals surface area contributed by atoms with Crippen LogP contribution in [0.25, 0.3) is 0 Å². The number of carbonyl (C=O) groups excluding carboxylic acids is 1. The summed E-state index contributed by atoms with van der Waals surface area (Å²) in [5.41, 5.74) is 0.607. The number of benzene rings is 2. The smallest absolute Gasteiger partial charge is 0.261 e. The number of anilines is 1. The van der Waals surface area contributed by atoms with Gasteiger partial charge in [0.2, 0.25) is 0 Å². The van der Waals surface area contributed by atoms with E-state index in [1.54, 1.807) is 54.6 Å². The Bertz CT molecular complexity index is 1260. The van der Waals surface area contributed by atoms with Crippen molar-refractivity contribution in [3.63, 3.8) is 0 Å². The lowest BCUT2D eigenvalue weighted by Gasteiger charge is -2.21. The Balaban J connectivity index is 1.57. The van der Waals surface area contributed by atoms with E-state index < -0.39 is 10.0 Å². The van der Waals surface area contributed by atoms with Gasteiger partial charge in [-0.15, -0.1) is 0 Å². The Morgan fingerprint density at radius 1 is 0.909 bits per heavy atom. The Hall–Kier alpha value is -3.98. The minimum atomic E-state index is -3.91. The predicted molar refractivity (Wildman–Crippen MR) is 121 cm³/mol. The summed E-state index contributed by atoms with van der Waals surface area (Å²) in [7, 11) is -2.38. The van der Waals surface area contributed by atoms with Gasteiger partial charge in [-0.3, -0.25) is 9.52 Å². The van der Waals surface area contributed by atoms with Gasteiger partial charge in [-0.05, 0) is 66.7 Å². The summed E-state index contributed by atoms with van der Waals surface area (Å²) in [6, 6.07) is 19.4. The van der Waals surface area contributed by atoms with Crippen LogP contribution in [0.2, 0.25) is 0 Å².